The van der Waals surface area contributed by atoms with E-state index >= 15 is 0 Å². The van der Waals surface area contributed by atoms with Crippen molar-refractivity contribution in [3.8, 4) is 0 Å². The van der Waals surface area contributed by atoms with Gasteiger partial charge in [0, 0.05) is 23.4 Å². The Morgan fingerprint density at radius 2 is 2.38 bits per heavy atom. The molecule has 0 bridgehead atoms. The smallest absolute Gasteiger partial charge is 0.210 e. The lowest BCUT2D eigenvalue weighted by Gasteiger charge is -2.11. The fourth-order valence-electron chi connectivity index (χ4n) is 1.47. The zero-order valence-corrected chi connectivity index (χ0v) is 7.84. The summed E-state index contributed by atoms with van der Waals surface area (Å²) in [5.41, 5.74) is 0.800. The molecule has 1 aromatic heterocycles. The van der Waals surface area contributed by atoms with Crippen LogP contribution in [-0.2, 0) is 11.2 Å². The van der Waals surface area contributed by atoms with Gasteiger partial charge in [-0.2, -0.15) is 0 Å². The molecule has 2 rings (SSSR count). The van der Waals surface area contributed by atoms with E-state index in [1.54, 1.807) is 11.3 Å². The summed E-state index contributed by atoms with van der Waals surface area (Å²) >= 11 is 1.59. The van der Waals surface area contributed by atoms with Gasteiger partial charge in [-0.25, -0.2) is 0 Å². The van der Waals surface area contributed by atoms with E-state index in [0.29, 0.717) is 6.54 Å². The first-order valence-corrected chi connectivity index (χ1v) is 4.98. The zero-order chi connectivity index (χ0) is 9.26. The monoisotopic (exact) mass is 195 g/mol. The molecule has 0 radical (unpaired) electrons. The van der Waals surface area contributed by atoms with Crippen molar-refractivity contribution >= 4 is 23.5 Å². The van der Waals surface area contributed by atoms with Crippen LogP contribution in [0.1, 0.15) is 15.2 Å². The summed E-state index contributed by atoms with van der Waals surface area (Å²) in [5.74, 6) is 0.0563. The lowest BCUT2D eigenvalue weighted by atomic mass is 10.1. The van der Waals surface area contributed by atoms with Crippen molar-refractivity contribution in [2.75, 3.05) is 13.1 Å². The number of Topliss-reactive ketones (excluding diaryl/α,β-unsaturated/α-hetero) is 1. The van der Waals surface area contributed by atoms with Crippen LogP contribution in [0.25, 0.3) is 0 Å². The molecule has 0 aliphatic carbocycles. The molecule has 0 N–H and O–H groups in total. The van der Waals surface area contributed by atoms with Crippen LogP contribution in [0.5, 0.6) is 0 Å². The Balaban J connectivity index is 2.30. The van der Waals surface area contributed by atoms with E-state index in [1.165, 1.54) is 4.90 Å². The number of thiophene rings is 1. The van der Waals surface area contributed by atoms with Gasteiger partial charge in [-0.15, -0.1) is 11.3 Å². The summed E-state index contributed by atoms with van der Waals surface area (Å²) in [4.78, 5) is 24.7. The average Bonchev–Trinajstić information content (AvgIpc) is 2.54. The van der Waals surface area contributed by atoms with E-state index < -0.39 is 0 Å². The van der Waals surface area contributed by atoms with E-state index in [1.807, 2.05) is 11.4 Å². The van der Waals surface area contributed by atoms with Gasteiger partial charge in [0.1, 0.15) is 0 Å². The van der Waals surface area contributed by atoms with E-state index in [9.17, 15) is 9.59 Å². The van der Waals surface area contributed by atoms with Crippen molar-refractivity contribution in [2.24, 2.45) is 0 Å². The number of hydrogen-bond acceptors (Lipinski definition) is 3. The Bertz CT molecular complexity index is 345. The first-order valence-electron chi connectivity index (χ1n) is 4.10. The molecule has 1 aromatic rings. The van der Waals surface area contributed by atoms with Gasteiger partial charge < -0.3 is 4.90 Å². The Hall–Kier alpha value is -1.16. The molecule has 1 amide bonds. The highest BCUT2D eigenvalue weighted by atomic mass is 32.1. The van der Waals surface area contributed by atoms with Crippen molar-refractivity contribution < 1.29 is 9.59 Å². The number of fused-ring (bicyclic) bond motifs is 1. The van der Waals surface area contributed by atoms with Crippen LogP contribution >= 0.6 is 11.3 Å². The lowest BCUT2D eigenvalue weighted by molar-refractivity contribution is -0.117. The van der Waals surface area contributed by atoms with E-state index in [4.69, 9.17) is 0 Å². The molecule has 0 spiro atoms. The van der Waals surface area contributed by atoms with Crippen molar-refractivity contribution in [1.82, 2.24) is 4.90 Å². The molecule has 0 saturated heterocycles. The summed E-state index contributed by atoms with van der Waals surface area (Å²) in [6, 6.07) is 1.84. The molecule has 0 saturated carbocycles. The number of amides is 1. The Morgan fingerprint density at radius 3 is 3.15 bits per heavy atom. The van der Waals surface area contributed by atoms with Crippen molar-refractivity contribution in [3.63, 3.8) is 0 Å². The summed E-state index contributed by atoms with van der Waals surface area (Å²) in [5, 5.41) is 1.93. The minimum atomic E-state index is 0.0563. The maximum absolute atomic E-state index is 11.5. The largest absolute Gasteiger partial charge is 0.337 e. The van der Waals surface area contributed by atoms with Gasteiger partial charge in [0.05, 0.1) is 6.54 Å². The number of rotatable bonds is 1. The molecule has 68 valence electrons. The van der Waals surface area contributed by atoms with Crippen LogP contribution in [0.3, 0.4) is 0 Å². The van der Waals surface area contributed by atoms with Crippen LogP contribution in [0.2, 0.25) is 0 Å². The Labute approximate surface area is 80.0 Å². The standard InChI is InChI=1S/C9H9NO2S/c11-6-10-3-1-9-7(2-4-13-9)8(12)5-10/h2,4,6H,1,3,5H2. The van der Waals surface area contributed by atoms with Crippen LogP contribution in [0, 0.1) is 0 Å². The molecule has 0 fully saturated rings. The van der Waals surface area contributed by atoms with Crippen LogP contribution in [0.15, 0.2) is 11.4 Å². The quantitative estimate of drug-likeness (QED) is 0.625. The topological polar surface area (TPSA) is 37.4 Å². The normalized spacial score (nSPS) is 16.6. The molecule has 0 aromatic carbocycles. The molecule has 4 heteroatoms. The molecule has 3 nitrogen and oxygen atoms in total. The maximum Gasteiger partial charge on any atom is 0.210 e. The van der Waals surface area contributed by atoms with E-state index in [-0.39, 0.29) is 12.3 Å². The SMILES string of the molecule is O=CN1CCc2sccc2C(=O)C1. The van der Waals surface area contributed by atoms with Crippen molar-refractivity contribution in [1.29, 1.82) is 0 Å². The molecule has 2 heterocycles. The highest BCUT2D eigenvalue weighted by molar-refractivity contribution is 7.10. The minimum Gasteiger partial charge on any atom is -0.337 e. The number of hydrogen-bond donors (Lipinski definition) is 0. The molecular formula is C9H9NO2S. The molecule has 1 aliphatic rings. The number of nitrogens with zero attached hydrogens (tertiary/aromatic N) is 1. The number of ketones is 1. The predicted octanol–water partition coefficient (Wildman–Crippen LogP) is 0.945. The summed E-state index contributed by atoms with van der Waals surface area (Å²) in [7, 11) is 0. The van der Waals surface area contributed by atoms with Crippen molar-refractivity contribution in [2.45, 2.75) is 6.42 Å². The Morgan fingerprint density at radius 1 is 1.54 bits per heavy atom. The maximum atomic E-state index is 11.5. The molecular weight excluding hydrogens is 186 g/mol. The second-order valence-corrected chi connectivity index (χ2v) is 4.01. The molecule has 13 heavy (non-hydrogen) atoms. The molecule has 0 unspecified atom stereocenters. The number of carbonyl (C=O) groups is 2. The van der Waals surface area contributed by atoms with E-state index in [0.717, 1.165) is 23.3 Å². The zero-order valence-electron chi connectivity index (χ0n) is 7.03. The van der Waals surface area contributed by atoms with Gasteiger partial charge in [0.2, 0.25) is 6.41 Å². The van der Waals surface area contributed by atoms with Crippen LogP contribution in [-0.4, -0.2) is 30.2 Å². The molecule has 0 atom stereocenters. The van der Waals surface area contributed by atoms with Gasteiger partial charge in [0.15, 0.2) is 5.78 Å². The van der Waals surface area contributed by atoms with Gasteiger partial charge in [-0.3, -0.25) is 9.59 Å². The molecule has 1 aliphatic heterocycles. The predicted molar refractivity (Wildman–Crippen MR) is 50.0 cm³/mol. The van der Waals surface area contributed by atoms with E-state index in [2.05, 4.69) is 0 Å². The first-order chi connectivity index (χ1) is 6.31. The second-order valence-electron chi connectivity index (χ2n) is 3.01. The van der Waals surface area contributed by atoms with Gasteiger partial charge in [-0.1, -0.05) is 0 Å². The summed E-state index contributed by atoms with van der Waals surface area (Å²) in [6.07, 6.45) is 1.55. The third-order valence-electron chi connectivity index (χ3n) is 2.17. The Kier molecular flexibility index (Phi) is 2.14. The second kappa shape index (κ2) is 3.30. The summed E-state index contributed by atoms with van der Waals surface area (Å²) < 4.78 is 0. The van der Waals surface area contributed by atoms with Gasteiger partial charge >= 0.3 is 0 Å². The van der Waals surface area contributed by atoms with Crippen molar-refractivity contribution in [3.05, 3.63) is 21.9 Å². The third kappa shape index (κ3) is 1.49. The highest BCUT2D eigenvalue weighted by Gasteiger charge is 2.19. The lowest BCUT2D eigenvalue weighted by Crippen LogP contribution is -2.27. The average molecular weight is 195 g/mol. The van der Waals surface area contributed by atoms with Crippen LogP contribution in [0.4, 0.5) is 0 Å². The third-order valence-corrected chi connectivity index (χ3v) is 3.15. The number of carbonyl (C=O) groups excluding carboxylic acids is 2. The first kappa shape index (κ1) is 8.44. The van der Waals surface area contributed by atoms with Gasteiger partial charge in [0.25, 0.3) is 0 Å². The van der Waals surface area contributed by atoms with Crippen LogP contribution < -0.4 is 0 Å². The minimum absolute atomic E-state index is 0.0563. The van der Waals surface area contributed by atoms with Gasteiger partial charge in [-0.05, 0) is 11.4 Å². The fraction of sp³-hybridized carbons (Fsp3) is 0.333. The highest BCUT2D eigenvalue weighted by Crippen LogP contribution is 2.20. The summed E-state index contributed by atoms with van der Waals surface area (Å²) in [6.45, 7) is 0.885. The fourth-order valence-corrected chi connectivity index (χ4v) is 2.35.